The number of alkyl halides is 3. The molecule has 0 radical (unpaired) electrons. The topological polar surface area (TPSA) is 52.0 Å². The largest absolute Gasteiger partial charge is 0.433 e. The van der Waals surface area contributed by atoms with Crippen molar-refractivity contribution in [3.05, 3.63) is 57.5 Å². The SMILES string of the molecule is CCn1c(SCC(=O)c2ccc(C)cc2)nc(C(F)(F)F)cc1=O. The van der Waals surface area contributed by atoms with E-state index in [1.807, 2.05) is 6.92 Å². The van der Waals surface area contributed by atoms with Crippen molar-refractivity contribution < 1.29 is 18.0 Å². The number of Topliss-reactive ketones (excluding diaryl/α,β-unsaturated/α-hetero) is 1. The van der Waals surface area contributed by atoms with Crippen LogP contribution in [0.3, 0.4) is 0 Å². The molecule has 128 valence electrons. The van der Waals surface area contributed by atoms with Crippen LogP contribution in [0.4, 0.5) is 13.2 Å². The highest BCUT2D eigenvalue weighted by Crippen LogP contribution is 2.28. The highest BCUT2D eigenvalue weighted by atomic mass is 32.2. The summed E-state index contributed by atoms with van der Waals surface area (Å²) in [6, 6.07) is 7.34. The van der Waals surface area contributed by atoms with Crippen LogP contribution in [0.25, 0.3) is 0 Å². The standard InChI is InChI=1S/C16H15F3N2O2S/c1-3-21-14(23)8-13(16(17,18)19)20-15(21)24-9-12(22)11-6-4-10(2)5-7-11/h4-8H,3,9H2,1-2H3. The van der Waals surface area contributed by atoms with E-state index in [-0.39, 0.29) is 23.2 Å². The molecule has 4 nitrogen and oxygen atoms in total. The van der Waals surface area contributed by atoms with Gasteiger partial charge in [0.2, 0.25) is 0 Å². The smallest absolute Gasteiger partial charge is 0.293 e. The molecule has 0 unspecified atom stereocenters. The van der Waals surface area contributed by atoms with Gasteiger partial charge in [0.1, 0.15) is 0 Å². The number of benzene rings is 1. The van der Waals surface area contributed by atoms with Gasteiger partial charge in [-0.25, -0.2) is 4.98 Å². The van der Waals surface area contributed by atoms with Crippen molar-refractivity contribution in [2.75, 3.05) is 5.75 Å². The normalized spacial score (nSPS) is 11.5. The third-order valence-electron chi connectivity index (χ3n) is 3.29. The number of carbonyl (C=O) groups excluding carboxylic acids is 1. The molecule has 0 aliphatic carbocycles. The summed E-state index contributed by atoms with van der Waals surface area (Å²) in [6.45, 7) is 3.68. The molecule has 1 aromatic carbocycles. The lowest BCUT2D eigenvalue weighted by Crippen LogP contribution is -2.25. The Labute approximate surface area is 140 Å². The predicted molar refractivity (Wildman–Crippen MR) is 85.4 cm³/mol. The van der Waals surface area contributed by atoms with Crippen LogP contribution >= 0.6 is 11.8 Å². The molecule has 1 aromatic heterocycles. The van der Waals surface area contributed by atoms with Gasteiger partial charge in [-0.3, -0.25) is 14.2 Å². The van der Waals surface area contributed by atoms with Crippen LogP contribution in [0.15, 0.2) is 40.3 Å². The van der Waals surface area contributed by atoms with Crippen molar-refractivity contribution in [1.82, 2.24) is 9.55 Å². The summed E-state index contributed by atoms with van der Waals surface area (Å²) in [4.78, 5) is 27.5. The zero-order valence-corrected chi connectivity index (χ0v) is 13.9. The number of nitrogens with zero attached hydrogens (tertiary/aromatic N) is 2. The first-order valence-corrected chi connectivity index (χ1v) is 8.12. The van der Waals surface area contributed by atoms with Gasteiger partial charge in [-0.15, -0.1) is 0 Å². The molecule has 0 saturated carbocycles. The second kappa shape index (κ2) is 7.21. The fourth-order valence-corrected chi connectivity index (χ4v) is 2.95. The minimum absolute atomic E-state index is 0.100. The van der Waals surface area contributed by atoms with E-state index in [2.05, 4.69) is 4.98 Å². The molecule has 1 heterocycles. The number of hydrogen-bond donors (Lipinski definition) is 0. The molecule has 2 rings (SSSR count). The highest BCUT2D eigenvalue weighted by molar-refractivity contribution is 7.99. The zero-order valence-electron chi connectivity index (χ0n) is 13.1. The number of rotatable bonds is 5. The monoisotopic (exact) mass is 356 g/mol. The first-order chi connectivity index (χ1) is 11.2. The lowest BCUT2D eigenvalue weighted by Gasteiger charge is -2.12. The van der Waals surface area contributed by atoms with Crippen LogP contribution in [0.5, 0.6) is 0 Å². The molecular formula is C16H15F3N2O2S. The average Bonchev–Trinajstić information content (AvgIpc) is 2.52. The number of thioether (sulfide) groups is 1. The second-order valence-electron chi connectivity index (χ2n) is 5.08. The molecule has 24 heavy (non-hydrogen) atoms. The lowest BCUT2D eigenvalue weighted by atomic mass is 10.1. The molecule has 0 saturated heterocycles. The van der Waals surface area contributed by atoms with Crippen molar-refractivity contribution in [2.45, 2.75) is 31.7 Å². The number of ketones is 1. The molecule has 0 spiro atoms. The van der Waals surface area contributed by atoms with Crippen LogP contribution in [0.2, 0.25) is 0 Å². The first-order valence-electron chi connectivity index (χ1n) is 7.14. The number of aryl methyl sites for hydroxylation is 1. The van der Waals surface area contributed by atoms with Crippen LogP contribution < -0.4 is 5.56 Å². The minimum atomic E-state index is -4.71. The maximum absolute atomic E-state index is 12.8. The van der Waals surface area contributed by atoms with E-state index < -0.39 is 17.4 Å². The van der Waals surface area contributed by atoms with E-state index in [1.165, 1.54) is 0 Å². The fourth-order valence-electron chi connectivity index (χ4n) is 1.98. The van der Waals surface area contributed by atoms with Gasteiger partial charge in [0.25, 0.3) is 5.56 Å². The Morgan fingerprint density at radius 2 is 1.88 bits per heavy atom. The maximum atomic E-state index is 12.8. The Morgan fingerprint density at radius 3 is 2.42 bits per heavy atom. The number of halogens is 3. The summed E-state index contributed by atoms with van der Waals surface area (Å²) >= 11 is 0.826. The van der Waals surface area contributed by atoms with Gasteiger partial charge in [-0.2, -0.15) is 13.2 Å². The van der Waals surface area contributed by atoms with Crippen molar-refractivity contribution in [3.63, 3.8) is 0 Å². The molecule has 0 fully saturated rings. The predicted octanol–water partition coefficient (Wildman–Crippen LogP) is 3.57. The van der Waals surface area contributed by atoms with Gasteiger partial charge < -0.3 is 0 Å². The Morgan fingerprint density at radius 1 is 1.25 bits per heavy atom. The molecule has 0 aliphatic rings. The van der Waals surface area contributed by atoms with Gasteiger partial charge in [0.05, 0.1) is 5.75 Å². The van der Waals surface area contributed by atoms with Crippen LogP contribution in [-0.2, 0) is 12.7 Å². The van der Waals surface area contributed by atoms with Crippen molar-refractivity contribution in [2.24, 2.45) is 0 Å². The summed E-state index contributed by atoms with van der Waals surface area (Å²) in [7, 11) is 0. The molecule has 0 atom stereocenters. The van der Waals surface area contributed by atoms with Gasteiger partial charge in [0, 0.05) is 18.2 Å². The molecular weight excluding hydrogens is 341 g/mol. The molecule has 2 aromatic rings. The Hall–Kier alpha value is -2.09. The average molecular weight is 356 g/mol. The van der Waals surface area contributed by atoms with E-state index in [0.717, 1.165) is 21.9 Å². The van der Waals surface area contributed by atoms with Crippen LogP contribution in [0.1, 0.15) is 28.5 Å². The Kier molecular flexibility index (Phi) is 5.48. The summed E-state index contributed by atoms with van der Waals surface area (Å²) in [5, 5.41) is -0.113. The van der Waals surface area contributed by atoms with Crippen LogP contribution in [-0.4, -0.2) is 21.1 Å². The molecule has 0 aliphatic heterocycles. The van der Waals surface area contributed by atoms with Gasteiger partial charge in [-0.05, 0) is 13.8 Å². The number of hydrogen-bond acceptors (Lipinski definition) is 4. The third kappa shape index (κ3) is 4.25. The molecule has 8 heteroatoms. The molecule has 0 N–H and O–H groups in total. The van der Waals surface area contributed by atoms with E-state index in [0.29, 0.717) is 11.6 Å². The van der Waals surface area contributed by atoms with E-state index in [4.69, 9.17) is 0 Å². The van der Waals surface area contributed by atoms with Crippen molar-refractivity contribution >= 4 is 17.5 Å². The molecule has 0 amide bonds. The summed E-state index contributed by atoms with van der Waals surface area (Å²) in [5.74, 6) is -0.342. The number of carbonyl (C=O) groups is 1. The Bertz CT molecular complexity index is 798. The zero-order chi connectivity index (χ0) is 17.9. The maximum Gasteiger partial charge on any atom is 0.433 e. The van der Waals surface area contributed by atoms with Gasteiger partial charge >= 0.3 is 6.18 Å². The van der Waals surface area contributed by atoms with Crippen molar-refractivity contribution in [3.8, 4) is 0 Å². The van der Waals surface area contributed by atoms with Crippen LogP contribution in [0, 0.1) is 6.92 Å². The first kappa shape index (κ1) is 18.3. The Balaban J connectivity index is 2.25. The van der Waals surface area contributed by atoms with E-state index >= 15 is 0 Å². The molecule has 0 bridgehead atoms. The van der Waals surface area contributed by atoms with Gasteiger partial charge in [-0.1, -0.05) is 41.6 Å². The lowest BCUT2D eigenvalue weighted by molar-refractivity contribution is -0.141. The third-order valence-corrected chi connectivity index (χ3v) is 4.26. The quantitative estimate of drug-likeness (QED) is 0.467. The van der Waals surface area contributed by atoms with E-state index in [9.17, 15) is 22.8 Å². The minimum Gasteiger partial charge on any atom is -0.293 e. The van der Waals surface area contributed by atoms with E-state index in [1.54, 1.807) is 31.2 Å². The summed E-state index contributed by atoms with van der Waals surface area (Å²) < 4.78 is 39.5. The summed E-state index contributed by atoms with van der Waals surface area (Å²) in [5.41, 5.74) is -0.573. The van der Waals surface area contributed by atoms with Crippen molar-refractivity contribution in [1.29, 1.82) is 0 Å². The fraction of sp³-hybridized carbons (Fsp3) is 0.312. The van der Waals surface area contributed by atoms with Gasteiger partial charge in [0.15, 0.2) is 16.6 Å². The summed E-state index contributed by atoms with van der Waals surface area (Å²) in [6.07, 6.45) is -4.71. The number of aromatic nitrogens is 2. The highest BCUT2D eigenvalue weighted by Gasteiger charge is 2.34. The second-order valence-corrected chi connectivity index (χ2v) is 6.02.